The van der Waals surface area contributed by atoms with Gasteiger partial charge in [-0.15, -0.1) is 24.8 Å². The number of amidine groups is 1. The van der Waals surface area contributed by atoms with Gasteiger partial charge in [-0.05, 0) is 30.4 Å². The standard InChI is InChI=1S/C11H17N3S.2ClH/c1-3-15-11(13)14-10-6-4-9(5-7-10)8(2)12;;/h4-8H,3,12H2,1-2H3,(H2,13,14);2*1H. The van der Waals surface area contributed by atoms with Crippen LogP contribution in [0.1, 0.15) is 25.5 Å². The summed E-state index contributed by atoms with van der Waals surface area (Å²) in [4.78, 5) is 4.27. The lowest BCUT2D eigenvalue weighted by Gasteiger charge is -2.05. The van der Waals surface area contributed by atoms with Crippen molar-refractivity contribution in [2.75, 3.05) is 5.75 Å². The number of nitrogens with two attached hydrogens (primary N) is 2. The molecule has 0 saturated carbocycles. The fraction of sp³-hybridized carbons (Fsp3) is 0.364. The summed E-state index contributed by atoms with van der Waals surface area (Å²) in [6, 6.07) is 7.88. The first-order valence-electron chi connectivity index (χ1n) is 4.96. The van der Waals surface area contributed by atoms with Crippen LogP contribution < -0.4 is 11.5 Å². The van der Waals surface area contributed by atoms with E-state index in [-0.39, 0.29) is 30.9 Å². The Morgan fingerprint density at radius 3 is 2.24 bits per heavy atom. The van der Waals surface area contributed by atoms with Gasteiger partial charge in [0.25, 0.3) is 0 Å². The molecular formula is C11H19Cl2N3S. The summed E-state index contributed by atoms with van der Waals surface area (Å²) >= 11 is 1.54. The van der Waals surface area contributed by atoms with Crippen LogP contribution in [0.15, 0.2) is 29.3 Å². The lowest BCUT2D eigenvalue weighted by atomic mass is 10.1. The molecule has 0 spiro atoms. The molecule has 1 rings (SSSR count). The molecule has 1 atom stereocenters. The van der Waals surface area contributed by atoms with Gasteiger partial charge in [-0.2, -0.15) is 0 Å². The third-order valence-corrected chi connectivity index (χ3v) is 2.63. The maximum Gasteiger partial charge on any atom is 0.159 e. The molecule has 0 aliphatic heterocycles. The van der Waals surface area contributed by atoms with Gasteiger partial charge in [0.05, 0.1) is 5.69 Å². The normalized spacial score (nSPS) is 12.3. The van der Waals surface area contributed by atoms with Crippen molar-refractivity contribution in [3.05, 3.63) is 29.8 Å². The monoisotopic (exact) mass is 295 g/mol. The molecule has 0 aliphatic rings. The average Bonchev–Trinajstić information content (AvgIpc) is 2.18. The molecule has 1 aromatic rings. The smallest absolute Gasteiger partial charge is 0.159 e. The molecule has 3 nitrogen and oxygen atoms in total. The summed E-state index contributed by atoms with van der Waals surface area (Å²) in [6.45, 7) is 4.01. The maximum atomic E-state index is 5.75. The Balaban J connectivity index is 0. The summed E-state index contributed by atoms with van der Waals surface area (Å²) in [5.74, 6) is 0.938. The fourth-order valence-electron chi connectivity index (χ4n) is 1.16. The molecule has 17 heavy (non-hydrogen) atoms. The van der Waals surface area contributed by atoms with E-state index in [2.05, 4.69) is 4.99 Å². The van der Waals surface area contributed by atoms with Crippen LogP contribution in [0.5, 0.6) is 0 Å². The van der Waals surface area contributed by atoms with E-state index in [1.807, 2.05) is 38.1 Å². The second kappa shape index (κ2) is 9.59. The Morgan fingerprint density at radius 1 is 1.29 bits per heavy atom. The summed E-state index contributed by atoms with van der Waals surface area (Å²) in [5, 5.41) is 0.603. The van der Waals surface area contributed by atoms with Crippen LogP contribution >= 0.6 is 36.6 Å². The predicted molar refractivity (Wildman–Crippen MR) is 83.0 cm³/mol. The third kappa shape index (κ3) is 6.78. The van der Waals surface area contributed by atoms with E-state index < -0.39 is 0 Å². The van der Waals surface area contributed by atoms with Crippen molar-refractivity contribution in [3.8, 4) is 0 Å². The lowest BCUT2D eigenvalue weighted by molar-refractivity contribution is 0.818. The SMILES string of the molecule is CCSC(N)=Nc1ccc(C(C)N)cc1.Cl.Cl. The molecule has 0 amide bonds. The number of rotatable bonds is 3. The van der Waals surface area contributed by atoms with E-state index in [9.17, 15) is 0 Å². The highest BCUT2D eigenvalue weighted by molar-refractivity contribution is 8.13. The molecule has 0 saturated heterocycles. The fourth-order valence-corrected chi connectivity index (χ4v) is 1.63. The third-order valence-electron chi connectivity index (χ3n) is 1.95. The highest BCUT2D eigenvalue weighted by Gasteiger charge is 1.98. The van der Waals surface area contributed by atoms with E-state index in [0.717, 1.165) is 17.0 Å². The van der Waals surface area contributed by atoms with Crippen LogP contribution in [-0.4, -0.2) is 10.9 Å². The first kappa shape index (κ1) is 18.9. The van der Waals surface area contributed by atoms with Crippen molar-refractivity contribution in [2.24, 2.45) is 16.5 Å². The van der Waals surface area contributed by atoms with Gasteiger partial charge in [-0.1, -0.05) is 30.8 Å². The first-order valence-corrected chi connectivity index (χ1v) is 5.94. The number of halogens is 2. The molecule has 4 N–H and O–H groups in total. The molecule has 98 valence electrons. The van der Waals surface area contributed by atoms with E-state index in [0.29, 0.717) is 5.17 Å². The number of aliphatic imine (C=N–C) groups is 1. The minimum absolute atomic E-state index is 0. The quantitative estimate of drug-likeness (QED) is 0.664. The molecule has 0 aromatic heterocycles. The highest BCUT2D eigenvalue weighted by atomic mass is 35.5. The number of hydrogen-bond acceptors (Lipinski definition) is 3. The second-order valence-electron chi connectivity index (χ2n) is 3.26. The van der Waals surface area contributed by atoms with Gasteiger partial charge in [0.15, 0.2) is 5.17 Å². The summed E-state index contributed by atoms with van der Waals surface area (Å²) in [5.41, 5.74) is 13.4. The minimum atomic E-state index is 0. The van der Waals surface area contributed by atoms with E-state index in [4.69, 9.17) is 11.5 Å². The zero-order valence-corrected chi connectivity index (χ0v) is 12.4. The Hall–Kier alpha value is -0.420. The largest absolute Gasteiger partial charge is 0.378 e. The molecule has 0 heterocycles. The molecule has 0 aliphatic carbocycles. The first-order chi connectivity index (χ1) is 7.13. The van der Waals surface area contributed by atoms with E-state index >= 15 is 0 Å². The van der Waals surface area contributed by atoms with Crippen molar-refractivity contribution >= 4 is 47.4 Å². The van der Waals surface area contributed by atoms with Crippen LogP contribution in [0.2, 0.25) is 0 Å². The lowest BCUT2D eigenvalue weighted by Crippen LogP contribution is -2.06. The van der Waals surface area contributed by atoms with Crippen LogP contribution in [0.25, 0.3) is 0 Å². The highest BCUT2D eigenvalue weighted by Crippen LogP contribution is 2.17. The summed E-state index contributed by atoms with van der Waals surface area (Å²) in [6.07, 6.45) is 0. The molecule has 0 radical (unpaired) electrons. The Morgan fingerprint density at radius 2 is 1.82 bits per heavy atom. The van der Waals surface area contributed by atoms with Crippen molar-refractivity contribution in [1.29, 1.82) is 0 Å². The van der Waals surface area contributed by atoms with E-state index in [1.54, 1.807) is 0 Å². The van der Waals surface area contributed by atoms with Crippen molar-refractivity contribution in [3.63, 3.8) is 0 Å². The topological polar surface area (TPSA) is 64.4 Å². The maximum absolute atomic E-state index is 5.75. The van der Waals surface area contributed by atoms with Gasteiger partial charge >= 0.3 is 0 Å². The van der Waals surface area contributed by atoms with Gasteiger partial charge in [0, 0.05) is 6.04 Å². The Kier molecular flexibility index (Phi) is 10.7. The summed E-state index contributed by atoms with van der Waals surface area (Å²) in [7, 11) is 0. The predicted octanol–water partition coefficient (Wildman–Crippen LogP) is 3.25. The number of thioether (sulfide) groups is 1. The van der Waals surface area contributed by atoms with E-state index in [1.165, 1.54) is 11.8 Å². The van der Waals surface area contributed by atoms with Gasteiger partial charge in [0.2, 0.25) is 0 Å². The van der Waals surface area contributed by atoms with Gasteiger partial charge < -0.3 is 11.5 Å². The molecular weight excluding hydrogens is 277 g/mol. The van der Waals surface area contributed by atoms with Crippen molar-refractivity contribution in [1.82, 2.24) is 0 Å². The van der Waals surface area contributed by atoms with Crippen molar-refractivity contribution in [2.45, 2.75) is 19.9 Å². The zero-order valence-electron chi connectivity index (χ0n) is 9.92. The molecule has 1 aromatic carbocycles. The molecule has 1 unspecified atom stereocenters. The van der Waals surface area contributed by atoms with Gasteiger partial charge in [-0.3, -0.25) is 0 Å². The zero-order chi connectivity index (χ0) is 11.3. The van der Waals surface area contributed by atoms with Crippen LogP contribution in [-0.2, 0) is 0 Å². The van der Waals surface area contributed by atoms with Gasteiger partial charge in [0.1, 0.15) is 0 Å². The van der Waals surface area contributed by atoms with Crippen LogP contribution in [0.3, 0.4) is 0 Å². The number of nitrogens with zero attached hydrogens (tertiary/aromatic N) is 1. The van der Waals surface area contributed by atoms with Crippen LogP contribution in [0, 0.1) is 0 Å². The van der Waals surface area contributed by atoms with Crippen LogP contribution in [0.4, 0.5) is 5.69 Å². The number of hydrogen-bond donors (Lipinski definition) is 2. The second-order valence-corrected chi connectivity index (χ2v) is 4.55. The Bertz CT molecular complexity index is 339. The average molecular weight is 296 g/mol. The Labute approximate surface area is 119 Å². The number of benzene rings is 1. The molecule has 0 bridgehead atoms. The molecule has 0 fully saturated rings. The summed E-state index contributed by atoms with van der Waals surface area (Å²) < 4.78 is 0. The van der Waals surface area contributed by atoms with Gasteiger partial charge in [-0.25, -0.2) is 4.99 Å². The minimum Gasteiger partial charge on any atom is -0.378 e. The van der Waals surface area contributed by atoms with Crippen molar-refractivity contribution < 1.29 is 0 Å². The molecule has 6 heteroatoms.